The molecular weight excluding hydrogens is 274 g/mol. The van der Waals surface area contributed by atoms with Gasteiger partial charge in [-0.15, -0.1) is 0 Å². The standard InChI is InChI=1S/C19H23NO2/c1-14(2)22-18-11-9-17(10-12-18)20-19(21)13-8-16-6-4-15(3)5-7-16/h4-7,9-12,14H,8,13H2,1-3H3,(H,20,21). The van der Waals surface area contributed by atoms with E-state index < -0.39 is 0 Å². The zero-order valence-electron chi connectivity index (χ0n) is 13.4. The number of ether oxygens (including phenoxy) is 1. The highest BCUT2D eigenvalue weighted by Crippen LogP contribution is 2.17. The van der Waals surface area contributed by atoms with Gasteiger partial charge in [0.05, 0.1) is 6.10 Å². The highest BCUT2D eigenvalue weighted by molar-refractivity contribution is 5.90. The third-order valence-electron chi connectivity index (χ3n) is 3.27. The fraction of sp³-hybridized carbons (Fsp3) is 0.316. The number of hydrogen-bond acceptors (Lipinski definition) is 2. The number of benzene rings is 2. The third-order valence-corrected chi connectivity index (χ3v) is 3.27. The molecule has 0 atom stereocenters. The molecule has 116 valence electrons. The summed E-state index contributed by atoms with van der Waals surface area (Å²) >= 11 is 0. The van der Waals surface area contributed by atoms with Crippen LogP contribution in [-0.2, 0) is 11.2 Å². The Morgan fingerprint density at radius 3 is 2.27 bits per heavy atom. The highest BCUT2D eigenvalue weighted by Gasteiger charge is 2.04. The van der Waals surface area contributed by atoms with Gasteiger partial charge < -0.3 is 10.1 Å². The van der Waals surface area contributed by atoms with Gasteiger partial charge in [0.2, 0.25) is 5.91 Å². The molecule has 1 N–H and O–H groups in total. The monoisotopic (exact) mass is 297 g/mol. The molecule has 2 aromatic carbocycles. The summed E-state index contributed by atoms with van der Waals surface area (Å²) in [4.78, 5) is 12.0. The molecule has 2 rings (SSSR count). The molecule has 0 aromatic heterocycles. The van der Waals surface area contributed by atoms with E-state index in [1.54, 1.807) is 0 Å². The summed E-state index contributed by atoms with van der Waals surface area (Å²) in [5, 5.41) is 2.91. The van der Waals surface area contributed by atoms with Gasteiger partial charge in [-0.25, -0.2) is 0 Å². The van der Waals surface area contributed by atoms with Gasteiger partial charge in [0.15, 0.2) is 0 Å². The van der Waals surface area contributed by atoms with Crippen LogP contribution in [0.2, 0.25) is 0 Å². The summed E-state index contributed by atoms with van der Waals surface area (Å²) in [5.41, 5.74) is 3.21. The Hall–Kier alpha value is -2.29. The number of amides is 1. The van der Waals surface area contributed by atoms with Crippen LogP contribution in [0.1, 0.15) is 31.4 Å². The van der Waals surface area contributed by atoms with Crippen LogP contribution in [0.4, 0.5) is 5.69 Å². The average Bonchev–Trinajstić information content (AvgIpc) is 2.48. The predicted octanol–water partition coefficient (Wildman–Crippen LogP) is 4.35. The molecule has 2 aromatic rings. The number of carbonyl (C=O) groups excluding carboxylic acids is 1. The van der Waals surface area contributed by atoms with Crippen molar-refractivity contribution in [3.63, 3.8) is 0 Å². The lowest BCUT2D eigenvalue weighted by Gasteiger charge is -2.10. The number of carbonyl (C=O) groups is 1. The number of nitrogens with one attached hydrogen (secondary N) is 1. The van der Waals surface area contributed by atoms with E-state index in [0.29, 0.717) is 6.42 Å². The second-order valence-corrected chi connectivity index (χ2v) is 5.72. The molecule has 0 fully saturated rings. The first kappa shape index (κ1) is 16.1. The Morgan fingerprint density at radius 2 is 1.68 bits per heavy atom. The number of anilines is 1. The van der Waals surface area contributed by atoms with Crippen LogP contribution >= 0.6 is 0 Å². The molecule has 0 aliphatic heterocycles. The molecule has 0 heterocycles. The first-order chi connectivity index (χ1) is 10.5. The zero-order valence-corrected chi connectivity index (χ0v) is 13.4. The summed E-state index contributed by atoms with van der Waals surface area (Å²) in [6.45, 7) is 6.03. The maximum atomic E-state index is 12.0. The SMILES string of the molecule is Cc1ccc(CCC(=O)Nc2ccc(OC(C)C)cc2)cc1. The predicted molar refractivity (Wildman–Crippen MR) is 90.3 cm³/mol. The fourth-order valence-electron chi connectivity index (χ4n) is 2.13. The molecule has 0 spiro atoms. The molecule has 0 bridgehead atoms. The molecule has 0 radical (unpaired) electrons. The second-order valence-electron chi connectivity index (χ2n) is 5.72. The van der Waals surface area contributed by atoms with E-state index in [4.69, 9.17) is 4.74 Å². The Kier molecular flexibility index (Phi) is 5.59. The molecule has 0 aliphatic rings. The minimum Gasteiger partial charge on any atom is -0.491 e. The van der Waals surface area contributed by atoms with Crippen LogP contribution < -0.4 is 10.1 Å². The van der Waals surface area contributed by atoms with Gasteiger partial charge in [-0.2, -0.15) is 0 Å². The largest absolute Gasteiger partial charge is 0.491 e. The summed E-state index contributed by atoms with van der Waals surface area (Å²) in [6.07, 6.45) is 1.38. The van der Waals surface area contributed by atoms with E-state index in [1.807, 2.05) is 38.1 Å². The van der Waals surface area contributed by atoms with E-state index in [0.717, 1.165) is 17.9 Å². The van der Waals surface area contributed by atoms with Crippen molar-refractivity contribution in [2.75, 3.05) is 5.32 Å². The van der Waals surface area contributed by atoms with Crippen LogP contribution in [0.5, 0.6) is 5.75 Å². The van der Waals surface area contributed by atoms with Crippen molar-refractivity contribution in [3.8, 4) is 5.75 Å². The molecule has 3 heteroatoms. The maximum absolute atomic E-state index is 12.0. The smallest absolute Gasteiger partial charge is 0.224 e. The summed E-state index contributed by atoms with van der Waals surface area (Å²) in [7, 11) is 0. The van der Waals surface area contributed by atoms with Crippen molar-refractivity contribution < 1.29 is 9.53 Å². The Labute approximate surface area is 132 Å². The Balaban J connectivity index is 1.82. The van der Waals surface area contributed by atoms with E-state index >= 15 is 0 Å². The first-order valence-corrected chi connectivity index (χ1v) is 7.65. The second kappa shape index (κ2) is 7.64. The van der Waals surface area contributed by atoms with Crippen molar-refractivity contribution in [3.05, 3.63) is 59.7 Å². The fourth-order valence-corrected chi connectivity index (χ4v) is 2.13. The average molecular weight is 297 g/mol. The quantitative estimate of drug-likeness (QED) is 0.860. The number of aryl methyl sites for hydroxylation is 2. The van der Waals surface area contributed by atoms with E-state index in [9.17, 15) is 4.79 Å². The highest BCUT2D eigenvalue weighted by atomic mass is 16.5. The topological polar surface area (TPSA) is 38.3 Å². The third kappa shape index (κ3) is 5.24. The van der Waals surface area contributed by atoms with E-state index in [2.05, 4.69) is 36.5 Å². The van der Waals surface area contributed by atoms with Crippen molar-refractivity contribution in [1.82, 2.24) is 0 Å². The molecule has 0 saturated heterocycles. The summed E-state index contributed by atoms with van der Waals surface area (Å²) in [6, 6.07) is 15.7. The molecule has 3 nitrogen and oxygen atoms in total. The van der Waals surface area contributed by atoms with E-state index in [1.165, 1.54) is 11.1 Å². The number of rotatable bonds is 6. The van der Waals surface area contributed by atoms with Crippen LogP contribution in [0.15, 0.2) is 48.5 Å². The Bertz CT molecular complexity index is 600. The number of hydrogen-bond donors (Lipinski definition) is 1. The molecule has 0 aliphatic carbocycles. The summed E-state index contributed by atoms with van der Waals surface area (Å²) < 4.78 is 5.58. The lowest BCUT2D eigenvalue weighted by molar-refractivity contribution is -0.116. The lowest BCUT2D eigenvalue weighted by atomic mass is 10.1. The van der Waals surface area contributed by atoms with Crippen LogP contribution in [-0.4, -0.2) is 12.0 Å². The van der Waals surface area contributed by atoms with Gasteiger partial charge in [0.1, 0.15) is 5.75 Å². The van der Waals surface area contributed by atoms with Gasteiger partial charge in [-0.1, -0.05) is 29.8 Å². The van der Waals surface area contributed by atoms with Gasteiger partial charge >= 0.3 is 0 Å². The Morgan fingerprint density at radius 1 is 1.05 bits per heavy atom. The van der Waals surface area contributed by atoms with Crippen LogP contribution in [0.25, 0.3) is 0 Å². The van der Waals surface area contributed by atoms with Crippen molar-refractivity contribution >= 4 is 11.6 Å². The van der Waals surface area contributed by atoms with Crippen LogP contribution in [0.3, 0.4) is 0 Å². The summed E-state index contributed by atoms with van der Waals surface area (Å²) in [5.74, 6) is 0.839. The van der Waals surface area contributed by atoms with Crippen molar-refractivity contribution in [2.24, 2.45) is 0 Å². The van der Waals surface area contributed by atoms with Gasteiger partial charge in [0, 0.05) is 12.1 Å². The molecule has 0 unspecified atom stereocenters. The van der Waals surface area contributed by atoms with E-state index in [-0.39, 0.29) is 12.0 Å². The van der Waals surface area contributed by atoms with Crippen molar-refractivity contribution in [2.45, 2.75) is 39.7 Å². The molecular formula is C19H23NO2. The molecule has 0 saturated carbocycles. The van der Waals surface area contributed by atoms with Gasteiger partial charge in [-0.05, 0) is 57.0 Å². The first-order valence-electron chi connectivity index (χ1n) is 7.65. The maximum Gasteiger partial charge on any atom is 0.224 e. The minimum absolute atomic E-state index is 0.0260. The van der Waals surface area contributed by atoms with Crippen molar-refractivity contribution in [1.29, 1.82) is 0 Å². The normalized spacial score (nSPS) is 10.5. The van der Waals surface area contributed by atoms with Gasteiger partial charge in [-0.3, -0.25) is 4.79 Å². The van der Waals surface area contributed by atoms with Gasteiger partial charge in [0.25, 0.3) is 0 Å². The molecule has 22 heavy (non-hydrogen) atoms. The zero-order chi connectivity index (χ0) is 15.9. The molecule has 1 amide bonds. The van der Waals surface area contributed by atoms with Crippen LogP contribution in [0, 0.1) is 6.92 Å². The minimum atomic E-state index is 0.0260. The lowest BCUT2D eigenvalue weighted by Crippen LogP contribution is -2.12.